The van der Waals surface area contributed by atoms with Gasteiger partial charge in [0.25, 0.3) is 0 Å². The van der Waals surface area contributed by atoms with E-state index in [2.05, 4.69) is 27.5 Å². The third kappa shape index (κ3) is 2.42. The molecule has 0 saturated carbocycles. The second-order valence-corrected chi connectivity index (χ2v) is 4.34. The van der Waals surface area contributed by atoms with Crippen molar-refractivity contribution in [2.45, 2.75) is 12.6 Å². The number of aromatic nitrogens is 3. The lowest BCUT2D eigenvalue weighted by molar-refractivity contribution is 0.0728. The molecule has 1 aliphatic rings. The first-order valence-corrected chi connectivity index (χ1v) is 6.16. The fraction of sp³-hybridized carbons (Fsp3) is 0.385. The van der Waals surface area contributed by atoms with Crippen LogP contribution in [0.5, 0.6) is 0 Å². The lowest BCUT2D eigenvalue weighted by Gasteiger charge is -2.23. The summed E-state index contributed by atoms with van der Waals surface area (Å²) in [5, 5.41) is 7.70. The van der Waals surface area contributed by atoms with Gasteiger partial charge < -0.3 is 10.1 Å². The van der Waals surface area contributed by atoms with E-state index >= 15 is 0 Å². The van der Waals surface area contributed by atoms with Crippen molar-refractivity contribution in [1.29, 1.82) is 0 Å². The largest absolute Gasteiger partial charge is 0.378 e. The van der Waals surface area contributed by atoms with Crippen LogP contribution in [0.1, 0.15) is 17.4 Å². The average molecular weight is 244 g/mol. The van der Waals surface area contributed by atoms with Crippen LogP contribution in [0, 0.1) is 0 Å². The van der Waals surface area contributed by atoms with E-state index in [1.54, 1.807) is 6.33 Å². The van der Waals surface area contributed by atoms with E-state index in [1.807, 2.05) is 22.9 Å². The minimum Gasteiger partial charge on any atom is -0.378 e. The Morgan fingerprint density at radius 1 is 1.33 bits per heavy atom. The Morgan fingerprint density at radius 2 is 2.22 bits per heavy atom. The van der Waals surface area contributed by atoms with Crippen LogP contribution in [0.15, 0.2) is 36.7 Å². The molecule has 5 nitrogen and oxygen atoms in total. The molecule has 0 unspecified atom stereocenters. The summed E-state index contributed by atoms with van der Waals surface area (Å²) in [5.74, 6) is 0.943. The average Bonchev–Trinajstić information content (AvgIpc) is 2.89. The molecule has 1 N–H and O–H groups in total. The Morgan fingerprint density at radius 3 is 3.00 bits per heavy atom. The third-order valence-corrected chi connectivity index (χ3v) is 3.05. The molecule has 0 spiro atoms. The number of nitrogens with one attached hydrogen (secondary N) is 1. The van der Waals surface area contributed by atoms with Gasteiger partial charge in [-0.25, -0.2) is 9.67 Å². The number of nitrogens with zero attached hydrogens (tertiary/aromatic N) is 3. The Kier molecular flexibility index (Phi) is 3.34. The summed E-state index contributed by atoms with van der Waals surface area (Å²) < 4.78 is 7.40. The molecule has 5 heteroatoms. The molecule has 1 aliphatic heterocycles. The Balaban J connectivity index is 1.78. The molecule has 2 aromatic rings. The van der Waals surface area contributed by atoms with E-state index in [4.69, 9.17) is 4.74 Å². The highest BCUT2D eigenvalue weighted by Crippen LogP contribution is 2.14. The van der Waals surface area contributed by atoms with Gasteiger partial charge in [0.05, 0.1) is 25.8 Å². The molecule has 1 saturated heterocycles. The van der Waals surface area contributed by atoms with E-state index in [9.17, 15) is 0 Å². The van der Waals surface area contributed by atoms with Crippen LogP contribution in [0.3, 0.4) is 0 Å². The summed E-state index contributed by atoms with van der Waals surface area (Å²) in [5.41, 5.74) is 1.22. The fourth-order valence-corrected chi connectivity index (χ4v) is 2.15. The van der Waals surface area contributed by atoms with Gasteiger partial charge in [-0.05, 0) is 5.56 Å². The first-order valence-electron chi connectivity index (χ1n) is 6.16. The van der Waals surface area contributed by atoms with E-state index in [1.165, 1.54) is 5.56 Å². The molecular weight excluding hydrogens is 228 g/mol. The summed E-state index contributed by atoms with van der Waals surface area (Å²) in [6.45, 7) is 3.04. The molecule has 1 atom stereocenters. The lowest BCUT2D eigenvalue weighted by Crippen LogP contribution is -2.36. The van der Waals surface area contributed by atoms with Crippen LogP contribution >= 0.6 is 0 Å². The first-order chi connectivity index (χ1) is 8.93. The standard InChI is InChI=1S/C13H16N4O/c1-2-4-11(5-3-1)8-17-13(15-10-16-17)12-9-18-7-6-14-12/h1-5,10,12,14H,6-9H2/t12-/m1/s1. The zero-order valence-electron chi connectivity index (χ0n) is 10.1. The molecule has 1 aromatic heterocycles. The molecular formula is C13H16N4O. The minimum absolute atomic E-state index is 0.143. The summed E-state index contributed by atoms with van der Waals surface area (Å²) in [7, 11) is 0. The minimum atomic E-state index is 0.143. The van der Waals surface area contributed by atoms with E-state index in [0.717, 1.165) is 25.5 Å². The second kappa shape index (κ2) is 5.29. The van der Waals surface area contributed by atoms with Crippen molar-refractivity contribution < 1.29 is 4.74 Å². The molecule has 0 amide bonds. The van der Waals surface area contributed by atoms with Crippen molar-refractivity contribution in [2.75, 3.05) is 19.8 Å². The van der Waals surface area contributed by atoms with E-state index in [-0.39, 0.29) is 6.04 Å². The highest BCUT2D eigenvalue weighted by molar-refractivity contribution is 5.15. The van der Waals surface area contributed by atoms with Gasteiger partial charge in [-0.15, -0.1) is 0 Å². The van der Waals surface area contributed by atoms with Gasteiger partial charge in [0.1, 0.15) is 12.2 Å². The predicted molar refractivity (Wildman–Crippen MR) is 67.1 cm³/mol. The fourth-order valence-electron chi connectivity index (χ4n) is 2.15. The van der Waals surface area contributed by atoms with Gasteiger partial charge in [0.2, 0.25) is 0 Å². The van der Waals surface area contributed by atoms with Gasteiger partial charge in [0, 0.05) is 6.54 Å². The Labute approximate surface area is 106 Å². The summed E-state index contributed by atoms with van der Waals surface area (Å²) in [4.78, 5) is 4.35. The zero-order valence-corrected chi connectivity index (χ0v) is 10.1. The molecule has 0 aliphatic carbocycles. The summed E-state index contributed by atoms with van der Waals surface area (Å²) >= 11 is 0. The molecule has 2 heterocycles. The highest BCUT2D eigenvalue weighted by atomic mass is 16.5. The Bertz CT molecular complexity index is 491. The van der Waals surface area contributed by atoms with Crippen LogP contribution in [-0.2, 0) is 11.3 Å². The molecule has 3 rings (SSSR count). The number of ether oxygens (including phenoxy) is 1. The van der Waals surface area contributed by atoms with Crippen LogP contribution in [0.25, 0.3) is 0 Å². The molecule has 1 aromatic carbocycles. The maximum absolute atomic E-state index is 5.47. The molecule has 94 valence electrons. The van der Waals surface area contributed by atoms with Gasteiger partial charge in [0.15, 0.2) is 0 Å². The van der Waals surface area contributed by atoms with Crippen LogP contribution in [-0.4, -0.2) is 34.5 Å². The van der Waals surface area contributed by atoms with Gasteiger partial charge in [-0.1, -0.05) is 30.3 Å². The van der Waals surface area contributed by atoms with Gasteiger partial charge in [-0.3, -0.25) is 0 Å². The quantitative estimate of drug-likeness (QED) is 0.874. The molecule has 18 heavy (non-hydrogen) atoms. The maximum Gasteiger partial charge on any atom is 0.146 e. The van der Waals surface area contributed by atoms with Crippen LogP contribution in [0.4, 0.5) is 0 Å². The first kappa shape index (κ1) is 11.4. The van der Waals surface area contributed by atoms with Crippen molar-refractivity contribution in [3.05, 3.63) is 48.0 Å². The number of morpholine rings is 1. The van der Waals surface area contributed by atoms with Crippen molar-refractivity contribution in [1.82, 2.24) is 20.1 Å². The molecule has 0 bridgehead atoms. The number of hydrogen-bond donors (Lipinski definition) is 1. The monoisotopic (exact) mass is 244 g/mol. The highest BCUT2D eigenvalue weighted by Gasteiger charge is 2.20. The number of benzene rings is 1. The zero-order chi connectivity index (χ0) is 12.2. The van der Waals surface area contributed by atoms with Gasteiger partial charge in [-0.2, -0.15) is 5.10 Å². The number of rotatable bonds is 3. The van der Waals surface area contributed by atoms with Gasteiger partial charge >= 0.3 is 0 Å². The smallest absolute Gasteiger partial charge is 0.146 e. The predicted octanol–water partition coefficient (Wildman–Crippen LogP) is 0.987. The topological polar surface area (TPSA) is 52.0 Å². The molecule has 0 radical (unpaired) electrons. The van der Waals surface area contributed by atoms with Crippen molar-refractivity contribution in [2.24, 2.45) is 0 Å². The third-order valence-electron chi connectivity index (χ3n) is 3.05. The second-order valence-electron chi connectivity index (χ2n) is 4.34. The van der Waals surface area contributed by atoms with Crippen LogP contribution < -0.4 is 5.32 Å². The van der Waals surface area contributed by atoms with Crippen molar-refractivity contribution in [3.8, 4) is 0 Å². The normalized spacial score (nSPS) is 19.9. The van der Waals surface area contributed by atoms with E-state index < -0.39 is 0 Å². The van der Waals surface area contributed by atoms with E-state index in [0.29, 0.717) is 6.61 Å². The summed E-state index contributed by atoms with van der Waals surface area (Å²) in [6, 6.07) is 10.4. The van der Waals surface area contributed by atoms with Crippen molar-refractivity contribution >= 4 is 0 Å². The summed E-state index contributed by atoms with van der Waals surface area (Å²) in [6.07, 6.45) is 1.61. The van der Waals surface area contributed by atoms with Crippen LogP contribution in [0.2, 0.25) is 0 Å². The van der Waals surface area contributed by atoms with Crippen molar-refractivity contribution in [3.63, 3.8) is 0 Å². The molecule has 1 fully saturated rings. The lowest BCUT2D eigenvalue weighted by atomic mass is 10.2. The number of hydrogen-bond acceptors (Lipinski definition) is 4. The SMILES string of the molecule is c1ccc(Cn2ncnc2[C@H]2COCCN2)cc1. The maximum atomic E-state index is 5.47. The Hall–Kier alpha value is -1.72.